The minimum atomic E-state index is 0.393. The van der Waals surface area contributed by atoms with E-state index in [0.717, 1.165) is 23.6 Å². The lowest BCUT2D eigenvalue weighted by molar-refractivity contribution is 0.181. The summed E-state index contributed by atoms with van der Waals surface area (Å²) < 4.78 is 6.22. The van der Waals surface area contributed by atoms with Crippen LogP contribution in [0.4, 0.5) is 0 Å². The number of pyridine rings is 1. The molecule has 0 saturated heterocycles. The normalized spacial score (nSPS) is 17.4. The molecule has 1 aliphatic carbocycles. The number of aryl methyl sites for hydroxylation is 1. The topological polar surface area (TPSA) is 34.2 Å². The van der Waals surface area contributed by atoms with Gasteiger partial charge in [0.25, 0.3) is 0 Å². The van der Waals surface area contributed by atoms with Crippen LogP contribution in [0, 0.1) is 6.92 Å². The van der Waals surface area contributed by atoms with Crippen LogP contribution in [-0.4, -0.2) is 18.1 Å². The Morgan fingerprint density at radius 1 is 1.28 bits per heavy atom. The smallest absolute Gasteiger partial charge is 0.127 e. The molecule has 0 atom stereocenters. The third kappa shape index (κ3) is 3.70. The Kier molecular flexibility index (Phi) is 5.00. The quantitative estimate of drug-likeness (QED) is 0.831. The summed E-state index contributed by atoms with van der Waals surface area (Å²) in [6.45, 7) is 2.83. The first-order chi connectivity index (χ1) is 8.79. The maximum absolute atomic E-state index is 6.22. The minimum Gasteiger partial charge on any atom is -0.490 e. The first kappa shape index (κ1) is 13.3. The van der Waals surface area contributed by atoms with E-state index < -0.39 is 0 Å². The lowest BCUT2D eigenvalue weighted by atomic mass is 10.1. The van der Waals surface area contributed by atoms with E-state index in [1.165, 1.54) is 38.5 Å². The molecule has 1 aromatic heterocycles. The molecule has 100 valence electrons. The van der Waals surface area contributed by atoms with Crippen molar-refractivity contribution in [1.29, 1.82) is 0 Å². The van der Waals surface area contributed by atoms with Crippen LogP contribution in [0.15, 0.2) is 12.3 Å². The van der Waals surface area contributed by atoms with E-state index in [0.29, 0.717) is 6.10 Å². The van der Waals surface area contributed by atoms with Crippen LogP contribution < -0.4 is 10.1 Å². The predicted octanol–water partition coefficient (Wildman–Crippen LogP) is 3.21. The Bertz CT molecular complexity index is 371. The number of hydrogen-bond donors (Lipinski definition) is 1. The molecule has 0 radical (unpaired) electrons. The van der Waals surface area contributed by atoms with Gasteiger partial charge in [-0.25, -0.2) is 0 Å². The van der Waals surface area contributed by atoms with Crippen molar-refractivity contribution in [3.8, 4) is 5.75 Å². The fourth-order valence-electron chi connectivity index (χ4n) is 2.54. The Labute approximate surface area is 110 Å². The molecule has 1 aliphatic rings. The molecule has 1 N–H and O–H groups in total. The SMILES string of the molecule is CNCc1cnc(C)cc1OC1CCCCCC1. The zero-order valence-corrected chi connectivity index (χ0v) is 11.5. The zero-order valence-electron chi connectivity index (χ0n) is 11.5. The van der Waals surface area contributed by atoms with Gasteiger partial charge < -0.3 is 10.1 Å². The number of rotatable bonds is 4. The standard InChI is InChI=1S/C15H24N2O/c1-12-9-15(13(10-16-2)11-17-12)18-14-7-5-3-4-6-8-14/h9,11,14,16H,3-8,10H2,1-2H3. The Hall–Kier alpha value is -1.09. The second-order valence-electron chi connectivity index (χ2n) is 5.20. The van der Waals surface area contributed by atoms with Crippen LogP contribution in [0.25, 0.3) is 0 Å². The summed E-state index contributed by atoms with van der Waals surface area (Å²) >= 11 is 0. The van der Waals surface area contributed by atoms with Gasteiger partial charge in [0.2, 0.25) is 0 Å². The van der Waals surface area contributed by atoms with Crippen molar-refractivity contribution in [2.75, 3.05) is 7.05 Å². The lowest BCUT2D eigenvalue weighted by Crippen LogP contribution is -2.17. The summed E-state index contributed by atoms with van der Waals surface area (Å²) in [5.74, 6) is 1.02. The first-order valence-electron chi connectivity index (χ1n) is 7.06. The number of aromatic nitrogens is 1. The molecular formula is C15H24N2O. The fraction of sp³-hybridized carbons (Fsp3) is 0.667. The second kappa shape index (κ2) is 6.74. The maximum Gasteiger partial charge on any atom is 0.127 e. The van der Waals surface area contributed by atoms with Crippen molar-refractivity contribution < 1.29 is 4.74 Å². The Morgan fingerprint density at radius 3 is 2.67 bits per heavy atom. The number of ether oxygens (including phenoxy) is 1. The van der Waals surface area contributed by atoms with E-state index in [9.17, 15) is 0 Å². The van der Waals surface area contributed by atoms with Crippen LogP contribution in [0.5, 0.6) is 5.75 Å². The molecule has 0 unspecified atom stereocenters. The van der Waals surface area contributed by atoms with Crippen LogP contribution in [0.1, 0.15) is 49.8 Å². The number of nitrogens with zero attached hydrogens (tertiary/aromatic N) is 1. The molecule has 0 bridgehead atoms. The average Bonchev–Trinajstić information content (AvgIpc) is 2.61. The predicted molar refractivity (Wildman–Crippen MR) is 73.9 cm³/mol. The molecule has 1 aromatic rings. The third-order valence-electron chi connectivity index (χ3n) is 3.54. The van der Waals surface area contributed by atoms with Crippen LogP contribution in [0.2, 0.25) is 0 Å². The van der Waals surface area contributed by atoms with Gasteiger partial charge in [-0.15, -0.1) is 0 Å². The van der Waals surface area contributed by atoms with Gasteiger partial charge >= 0.3 is 0 Å². The van der Waals surface area contributed by atoms with Gasteiger partial charge in [0, 0.05) is 30.1 Å². The summed E-state index contributed by atoms with van der Waals surface area (Å²) in [5, 5.41) is 3.17. The maximum atomic E-state index is 6.22. The molecule has 3 heteroatoms. The van der Waals surface area contributed by atoms with Gasteiger partial charge in [-0.3, -0.25) is 4.98 Å². The van der Waals surface area contributed by atoms with Crippen LogP contribution >= 0.6 is 0 Å². The van der Waals surface area contributed by atoms with Crippen molar-refractivity contribution in [3.05, 3.63) is 23.5 Å². The van der Waals surface area contributed by atoms with E-state index in [1.54, 1.807) is 0 Å². The molecule has 0 spiro atoms. The number of nitrogens with one attached hydrogen (secondary N) is 1. The molecule has 18 heavy (non-hydrogen) atoms. The van der Waals surface area contributed by atoms with Crippen molar-refractivity contribution in [3.63, 3.8) is 0 Å². The van der Waals surface area contributed by atoms with Crippen molar-refractivity contribution in [1.82, 2.24) is 10.3 Å². The average molecular weight is 248 g/mol. The molecule has 1 saturated carbocycles. The van der Waals surface area contributed by atoms with Gasteiger partial charge in [-0.1, -0.05) is 12.8 Å². The summed E-state index contributed by atoms with van der Waals surface area (Å²) in [6, 6.07) is 2.07. The molecule has 0 aromatic carbocycles. The van der Waals surface area contributed by atoms with Gasteiger partial charge in [-0.2, -0.15) is 0 Å². The van der Waals surface area contributed by atoms with Gasteiger partial charge in [0.05, 0.1) is 6.10 Å². The van der Waals surface area contributed by atoms with Gasteiger partial charge in [-0.05, 0) is 39.7 Å². The lowest BCUT2D eigenvalue weighted by Gasteiger charge is -2.19. The van der Waals surface area contributed by atoms with E-state index in [4.69, 9.17) is 4.74 Å². The Morgan fingerprint density at radius 2 is 2.00 bits per heavy atom. The van der Waals surface area contributed by atoms with Crippen molar-refractivity contribution >= 4 is 0 Å². The molecular weight excluding hydrogens is 224 g/mol. The van der Waals surface area contributed by atoms with Crippen molar-refractivity contribution in [2.45, 2.75) is 58.1 Å². The van der Waals surface area contributed by atoms with E-state index in [-0.39, 0.29) is 0 Å². The molecule has 0 aliphatic heterocycles. The molecule has 1 heterocycles. The van der Waals surface area contributed by atoms with E-state index >= 15 is 0 Å². The van der Waals surface area contributed by atoms with E-state index in [1.807, 2.05) is 20.2 Å². The monoisotopic (exact) mass is 248 g/mol. The highest BCUT2D eigenvalue weighted by Crippen LogP contribution is 2.25. The second-order valence-corrected chi connectivity index (χ2v) is 5.20. The summed E-state index contributed by atoms with van der Waals surface area (Å²) in [5.41, 5.74) is 2.19. The molecule has 0 amide bonds. The molecule has 1 fully saturated rings. The minimum absolute atomic E-state index is 0.393. The summed E-state index contributed by atoms with van der Waals surface area (Å²) in [7, 11) is 1.95. The number of hydrogen-bond acceptors (Lipinski definition) is 3. The Balaban J connectivity index is 2.08. The highest BCUT2D eigenvalue weighted by Gasteiger charge is 2.15. The molecule has 2 rings (SSSR count). The van der Waals surface area contributed by atoms with Gasteiger partial charge in [0.1, 0.15) is 5.75 Å². The van der Waals surface area contributed by atoms with Crippen LogP contribution in [-0.2, 0) is 6.54 Å². The summed E-state index contributed by atoms with van der Waals surface area (Å²) in [4.78, 5) is 4.35. The largest absolute Gasteiger partial charge is 0.490 e. The van der Waals surface area contributed by atoms with Crippen LogP contribution in [0.3, 0.4) is 0 Å². The third-order valence-corrected chi connectivity index (χ3v) is 3.54. The van der Waals surface area contributed by atoms with Crippen molar-refractivity contribution in [2.24, 2.45) is 0 Å². The zero-order chi connectivity index (χ0) is 12.8. The first-order valence-corrected chi connectivity index (χ1v) is 7.06. The highest BCUT2D eigenvalue weighted by atomic mass is 16.5. The van der Waals surface area contributed by atoms with E-state index in [2.05, 4.69) is 16.4 Å². The fourth-order valence-corrected chi connectivity index (χ4v) is 2.54. The summed E-state index contributed by atoms with van der Waals surface area (Å²) in [6.07, 6.45) is 10.0. The molecule has 3 nitrogen and oxygen atoms in total. The van der Waals surface area contributed by atoms with Gasteiger partial charge in [0.15, 0.2) is 0 Å². The highest BCUT2D eigenvalue weighted by molar-refractivity contribution is 5.33.